The van der Waals surface area contributed by atoms with Crippen molar-refractivity contribution in [2.45, 2.75) is 45.0 Å². The number of nitrogens with one attached hydrogen (secondary N) is 1. The summed E-state index contributed by atoms with van der Waals surface area (Å²) in [7, 11) is 0. The molecule has 0 aliphatic carbocycles. The fourth-order valence-electron chi connectivity index (χ4n) is 2.90. The third kappa shape index (κ3) is 7.97. The Balaban J connectivity index is 2.05. The van der Waals surface area contributed by atoms with Crippen molar-refractivity contribution in [2.24, 2.45) is 0 Å². The van der Waals surface area contributed by atoms with Gasteiger partial charge in [-0.05, 0) is 42.7 Å². The zero-order valence-corrected chi connectivity index (χ0v) is 20.5. The number of nitrogens with zero attached hydrogens (tertiary/aromatic N) is 1. The first-order valence-electron chi connectivity index (χ1n) is 10.0. The number of amides is 2. The molecule has 1 N–H and O–H groups in total. The number of rotatable bonds is 11. The summed E-state index contributed by atoms with van der Waals surface area (Å²) in [6, 6.07) is 14.9. The van der Waals surface area contributed by atoms with Gasteiger partial charge in [-0.2, -0.15) is 0 Å². The molecule has 1 unspecified atom stereocenters. The van der Waals surface area contributed by atoms with Gasteiger partial charge < -0.3 is 10.2 Å². The van der Waals surface area contributed by atoms with E-state index in [-0.39, 0.29) is 17.6 Å². The van der Waals surface area contributed by atoms with E-state index in [4.69, 9.17) is 11.6 Å². The van der Waals surface area contributed by atoms with Crippen molar-refractivity contribution in [1.82, 2.24) is 10.2 Å². The molecule has 2 rings (SSSR count). The highest BCUT2D eigenvalue weighted by molar-refractivity contribution is 9.10. The fraction of sp³-hybridized carbons (Fsp3) is 0.391. The molecule has 0 aliphatic heterocycles. The Kier molecular flexibility index (Phi) is 10.8. The molecule has 2 amide bonds. The third-order valence-electron chi connectivity index (χ3n) is 4.68. The molecule has 2 aromatic rings. The number of benzene rings is 2. The summed E-state index contributed by atoms with van der Waals surface area (Å²) >= 11 is 11.2. The molecule has 0 aliphatic rings. The quantitative estimate of drug-likeness (QED) is 0.396. The number of thioether (sulfide) groups is 1. The lowest BCUT2D eigenvalue weighted by atomic mass is 10.1. The van der Waals surface area contributed by atoms with E-state index in [0.29, 0.717) is 23.9 Å². The van der Waals surface area contributed by atoms with Crippen LogP contribution in [-0.4, -0.2) is 35.1 Å². The van der Waals surface area contributed by atoms with Crippen molar-refractivity contribution in [3.8, 4) is 0 Å². The highest BCUT2D eigenvalue weighted by atomic mass is 79.9. The Morgan fingerprint density at radius 1 is 1.20 bits per heavy atom. The van der Waals surface area contributed by atoms with E-state index < -0.39 is 6.04 Å². The lowest BCUT2D eigenvalue weighted by Gasteiger charge is -2.29. The minimum Gasteiger partial charge on any atom is -0.354 e. The van der Waals surface area contributed by atoms with Gasteiger partial charge in [0.25, 0.3) is 0 Å². The van der Waals surface area contributed by atoms with Crippen LogP contribution in [0.25, 0.3) is 0 Å². The maximum Gasteiger partial charge on any atom is 0.242 e. The average molecular weight is 512 g/mol. The van der Waals surface area contributed by atoms with Crippen molar-refractivity contribution in [3.63, 3.8) is 0 Å². The molecule has 0 radical (unpaired) electrons. The molecule has 0 aromatic heterocycles. The van der Waals surface area contributed by atoms with Crippen molar-refractivity contribution in [2.75, 3.05) is 12.3 Å². The Hall–Kier alpha value is -1.50. The molecule has 0 saturated carbocycles. The van der Waals surface area contributed by atoms with E-state index in [0.717, 1.165) is 28.4 Å². The standard InChI is InChI=1S/C23H28BrClN2O2S/c1-3-4-12-26-23(29)17(2)27(14-18-8-7-10-20(24)13-18)22(28)16-30-15-19-9-5-6-11-21(19)25/h5-11,13,17H,3-4,12,14-16H2,1-2H3,(H,26,29). The predicted octanol–water partition coefficient (Wildman–Crippen LogP) is 5.67. The van der Waals surface area contributed by atoms with E-state index in [9.17, 15) is 9.59 Å². The van der Waals surface area contributed by atoms with Crippen molar-refractivity contribution >= 4 is 51.1 Å². The molecule has 0 saturated heterocycles. The van der Waals surface area contributed by atoms with Crippen LogP contribution in [0.3, 0.4) is 0 Å². The van der Waals surface area contributed by atoms with Crippen molar-refractivity contribution in [3.05, 3.63) is 69.2 Å². The molecule has 2 aromatic carbocycles. The number of hydrogen-bond acceptors (Lipinski definition) is 3. The normalized spacial score (nSPS) is 11.7. The third-order valence-corrected chi connectivity index (χ3v) is 6.51. The fourth-order valence-corrected chi connectivity index (χ4v) is 4.54. The molecule has 4 nitrogen and oxygen atoms in total. The monoisotopic (exact) mass is 510 g/mol. The van der Waals surface area contributed by atoms with Gasteiger partial charge in [0.15, 0.2) is 0 Å². The Bertz CT molecular complexity index is 849. The summed E-state index contributed by atoms with van der Waals surface area (Å²) in [4.78, 5) is 27.3. The first-order valence-corrected chi connectivity index (χ1v) is 12.4. The zero-order chi connectivity index (χ0) is 21.9. The largest absolute Gasteiger partial charge is 0.354 e. The van der Waals surface area contributed by atoms with Crippen LogP contribution < -0.4 is 5.32 Å². The molecule has 0 heterocycles. The second-order valence-corrected chi connectivity index (χ2v) is 9.36. The number of carbonyl (C=O) groups excluding carboxylic acids is 2. The van der Waals surface area contributed by atoms with Crippen LogP contribution in [0.4, 0.5) is 0 Å². The van der Waals surface area contributed by atoms with Gasteiger partial charge >= 0.3 is 0 Å². The molecular weight excluding hydrogens is 484 g/mol. The number of halogens is 2. The number of carbonyl (C=O) groups is 2. The Morgan fingerprint density at radius 3 is 2.67 bits per heavy atom. The van der Waals surface area contributed by atoms with Gasteiger partial charge in [0.1, 0.15) is 6.04 Å². The maximum atomic E-state index is 13.1. The predicted molar refractivity (Wildman–Crippen MR) is 130 cm³/mol. The Labute approximate surface area is 196 Å². The first kappa shape index (κ1) is 24.8. The van der Waals surface area contributed by atoms with Gasteiger partial charge in [0.05, 0.1) is 5.75 Å². The van der Waals surface area contributed by atoms with Gasteiger partial charge in [-0.15, -0.1) is 11.8 Å². The molecule has 162 valence electrons. The number of hydrogen-bond donors (Lipinski definition) is 1. The van der Waals surface area contributed by atoms with Crippen LogP contribution in [0.15, 0.2) is 53.0 Å². The topological polar surface area (TPSA) is 49.4 Å². The van der Waals surface area contributed by atoms with E-state index in [2.05, 4.69) is 28.2 Å². The van der Waals surface area contributed by atoms with Gasteiger partial charge in [0, 0.05) is 28.3 Å². The summed E-state index contributed by atoms with van der Waals surface area (Å²) < 4.78 is 0.945. The van der Waals surface area contributed by atoms with Gasteiger partial charge in [-0.25, -0.2) is 0 Å². The maximum absolute atomic E-state index is 13.1. The summed E-state index contributed by atoms with van der Waals surface area (Å²) in [5.74, 6) is 0.743. The summed E-state index contributed by atoms with van der Waals surface area (Å²) in [6.07, 6.45) is 1.93. The minimum atomic E-state index is -0.547. The average Bonchev–Trinajstić information content (AvgIpc) is 2.73. The lowest BCUT2D eigenvalue weighted by molar-refractivity contribution is -0.138. The van der Waals surface area contributed by atoms with Gasteiger partial charge in [-0.3, -0.25) is 9.59 Å². The van der Waals surface area contributed by atoms with E-state index in [1.165, 1.54) is 11.8 Å². The second-order valence-electron chi connectivity index (χ2n) is 7.06. The SMILES string of the molecule is CCCCNC(=O)C(C)N(Cc1cccc(Br)c1)C(=O)CSCc1ccccc1Cl. The second kappa shape index (κ2) is 13.0. The number of unbranched alkanes of at least 4 members (excludes halogenated alkanes) is 1. The molecule has 7 heteroatoms. The lowest BCUT2D eigenvalue weighted by Crippen LogP contribution is -2.48. The highest BCUT2D eigenvalue weighted by Gasteiger charge is 2.26. The smallest absolute Gasteiger partial charge is 0.242 e. The van der Waals surface area contributed by atoms with Crippen molar-refractivity contribution in [1.29, 1.82) is 0 Å². The molecular formula is C23H28BrClN2O2S. The minimum absolute atomic E-state index is 0.0647. The van der Waals surface area contributed by atoms with Crippen LogP contribution in [0.5, 0.6) is 0 Å². The Morgan fingerprint density at radius 2 is 1.97 bits per heavy atom. The zero-order valence-electron chi connectivity index (χ0n) is 17.4. The molecule has 1 atom stereocenters. The van der Waals surface area contributed by atoms with Crippen LogP contribution in [-0.2, 0) is 21.9 Å². The van der Waals surface area contributed by atoms with Crippen LogP contribution in [0.1, 0.15) is 37.8 Å². The summed E-state index contributed by atoms with van der Waals surface area (Å²) in [5, 5.41) is 3.64. The molecule has 0 fully saturated rings. The van der Waals surface area contributed by atoms with Crippen LogP contribution in [0, 0.1) is 0 Å². The van der Waals surface area contributed by atoms with Crippen LogP contribution >= 0.6 is 39.3 Å². The van der Waals surface area contributed by atoms with Gasteiger partial charge in [-0.1, -0.05) is 71.2 Å². The van der Waals surface area contributed by atoms with E-state index in [1.807, 2.05) is 48.5 Å². The van der Waals surface area contributed by atoms with E-state index >= 15 is 0 Å². The van der Waals surface area contributed by atoms with E-state index in [1.54, 1.807) is 11.8 Å². The summed E-state index contributed by atoms with van der Waals surface area (Å²) in [6.45, 7) is 4.87. The first-order chi connectivity index (χ1) is 14.4. The summed E-state index contributed by atoms with van der Waals surface area (Å²) in [5.41, 5.74) is 1.97. The molecule has 0 bridgehead atoms. The van der Waals surface area contributed by atoms with Crippen molar-refractivity contribution < 1.29 is 9.59 Å². The highest BCUT2D eigenvalue weighted by Crippen LogP contribution is 2.22. The van der Waals surface area contributed by atoms with Crippen LogP contribution in [0.2, 0.25) is 5.02 Å². The molecule has 0 spiro atoms. The molecule has 30 heavy (non-hydrogen) atoms. The van der Waals surface area contributed by atoms with Gasteiger partial charge in [0.2, 0.25) is 11.8 Å².